The molecule has 0 radical (unpaired) electrons. The van der Waals surface area contributed by atoms with E-state index in [9.17, 15) is 4.79 Å². The van der Waals surface area contributed by atoms with Crippen molar-refractivity contribution in [1.29, 1.82) is 0 Å². The maximum Gasteiger partial charge on any atom is 0.223 e. The van der Waals surface area contributed by atoms with Gasteiger partial charge in [0.1, 0.15) is 0 Å². The minimum Gasteiger partial charge on any atom is -0.335 e. The second-order valence-corrected chi connectivity index (χ2v) is 6.03. The van der Waals surface area contributed by atoms with Crippen molar-refractivity contribution in [2.75, 3.05) is 13.1 Å². The summed E-state index contributed by atoms with van der Waals surface area (Å²) in [5, 5.41) is 3.46. The third kappa shape index (κ3) is 2.83. The van der Waals surface area contributed by atoms with Crippen molar-refractivity contribution in [3.05, 3.63) is 0 Å². The SMILES string of the molecule is Cl.O=C(CC1CCCC1)N1C2CCNCC1CC2. The first-order valence-electron chi connectivity index (χ1n) is 7.36. The van der Waals surface area contributed by atoms with Crippen LogP contribution in [0.2, 0.25) is 0 Å². The van der Waals surface area contributed by atoms with Crippen LogP contribution in [0.15, 0.2) is 0 Å². The van der Waals surface area contributed by atoms with Crippen molar-refractivity contribution < 1.29 is 4.79 Å². The third-order valence-corrected chi connectivity index (χ3v) is 4.88. The zero-order valence-electron chi connectivity index (χ0n) is 11.1. The van der Waals surface area contributed by atoms with E-state index in [2.05, 4.69) is 10.2 Å². The van der Waals surface area contributed by atoms with Gasteiger partial charge in [-0.1, -0.05) is 12.8 Å². The highest BCUT2D eigenvalue weighted by atomic mass is 35.5. The van der Waals surface area contributed by atoms with Gasteiger partial charge in [-0.05, 0) is 44.6 Å². The average molecular weight is 273 g/mol. The Balaban J connectivity index is 0.00000120. The summed E-state index contributed by atoms with van der Waals surface area (Å²) >= 11 is 0. The number of nitrogens with zero attached hydrogens (tertiary/aromatic N) is 1. The monoisotopic (exact) mass is 272 g/mol. The Morgan fingerprint density at radius 3 is 2.56 bits per heavy atom. The van der Waals surface area contributed by atoms with Crippen LogP contribution in [0.5, 0.6) is 0 Å². The van der Waals surface area contributed by atoms with Gasteiger partial charge < -0.3 is 10.2 Å². The number of amides is 1. The van der Waals surface area contributed by atoms with Gasteiger partial charge in [0.15, 0.2) is 0 Å². The predicted octanol–water partition coefficient (Wildman–Crippen LogP) is 2.34. The van der Waals surface area contributed by atoms with E-state index in [1.807, 2.05) is 0 Å². The molecular weight excluding hydrogens is 248 g/mol. The predicted molar refractivity (Wildman–Crippen MR) is 75.0 cm³/mol. The van der Waals surface area contributed by atoms with Crippen LogP contribution in [0.1, 0.15) is 51.4 Å². The van der Waals surface area contributed by atoms with E-state index in [0.717, 1.165) is 25.9 Å². The Morgan fingerprint density at radius 2 is 1.78 bits per heavy atom. The summed E-state index contributed by atoms with van der Waals surface area (Å²) < 4.78 is 0. The first kappa shape index (κ1) is 14.1. The summed E-state index contributed by atoms with van der Waals surface area (Å²) in [5.74, 6) is 1.14. The van der Waals surface area contributed by atoms with E-state index in [0.29, 0.717) is 23.9 Å². The van der Waals surface area contributed by atoms with Crippen LogP contribution in [0.25, 0.3) is 0 Å². The largest absolute Gasteiger partial charge is 0.335 e. The maximum atomic E-state index is 12.5. The van der Waals surface area contributed by atoms with Gasteiger partial charge in [-0.15, -0.1) is 12.4 Å². The van der Waals surface area contributed by atoms with E-state index < -0.39 is 0 Å². The minimum atomic E-state index is 0. The van der Waals surface area contributed by atoms with Crippen LogP contribution in [0, 0.1) is 5.92 Å². The van der Waals surface area contributed by atoms with E-state index in [1.165, 1.54) is 38.5 Å². The highest BCUT2D eigenvalue weighted by molar-refractivity contribution is 5.85. The molecule has 2 atom stereocenters. The Morgan fingerprint density at radius 1 is 1.06 bits per heavy atom. The molecule has 2 unspecified atom stereocenters. The van der Waals surface area contributed by atoms with E-state index in [4.69, 9.17) is 0 Å². The molecule has 0 spiro atoms. The van der Waals surface area contributed by atoms with Gasteiger partial charge in [0.2, 0.25) is 5.91 Å². The molecule has 3 aliphatic rings. The van der Waals surface area contributed by atoms with Crippen LogP contribution in [0.3, 0.4) is 0 Å². The van der Waals surface area contributed by atoms with Crippen LogP contribution >= 0.6 is 12.4 Å². The van der Waals surface area contributed by atoms with Gasteiger partial charge in [0, 0.05) is 25.0 Å². The molecule has 3 fully saturated rings. The van der Waals surface area contributed by atoms with Crippen LogP contribution < -0.4 is 5.32 Å². The van der Waals surface area contributed by atoms with Crippen LogP contribution in [-0.4, -0.2) is 36.0 Å². The molecule has 104 valence electrons. The van der Waals surface area contributed by atoms with Crippen LogP contribution in [0.4, 0.5) is 0 Å². The second kappa shape index (κ2) is 6.25. The number of carbonyl (C=O) groups excluding carboxylic acids is 1. The molecule has 1 saturated carbocycles. The Bertz CT molecular complexity index is 278. The number of carbonyl (C=O) groups is 1. The highest BCUT2D eigenvalue weighted by Crippen LogP contribution is 2.32. The van der Waals surface area contributed by atoms with Crippen molar-refractivity contribution in [3.63, 3.8) is 0 Å². The van der Waals surface area contributed by atoms with Crippen LogP contribution in [-0.2, 0) is 4.79 Å². The second-order valence-electron chi connectivity index (χ2n) is 6.03. The number of hydrogen-bond donors (Lipinski definition) is 1. The lowest BCUT2D eigenvalue weighted by molar-refractivity contribution is -0.134. The molecule has 4 heteroatoms. The smallest absolute Gasteiger partial charge is 0.223 e. The number of fused-ring (bicyclic) bond motifs is 2. The standard InChI is InChI=1S/C14H24N2O.ClH/c17-14(9-11-3-1-2-4-11)16-12-5-6-13(16)10-15-8-7-12;/h11-13,15H,1-10H2;1H. The van der Waals surface area contributed by atoms with Gasteiger partial charge >= 0.3 is 0 Å². The van der Waals surface area contributed by atoms with Crippen molar-refractivity contribution in [2.24, 2.45) is 5.92 Å². The minimum absolute atomic E-state index is 0. The third-order valence-electron chi connectivity index (χ3n) is 4.88. The number of hydrogen-bond acceptors (Lipinski definition) is 2. The molecule has 1 amide bonds. The molecule has 3 rings (SSSR count). The quantitative estimate of drug-likeness (QED) is 0.837. The van der Waals surface area contributed by atoms with Gasteiger partial charge in [0.05, 0.1) is 0 Å². The molecule has 0 aromatic carbocycles. The van der Waals surface area contributed by atoms with Crippen molar-refractivity contribution >= 4 is 18.3 Å². The number of halogens is 1. The molecule has 2 aliphatic heterocycles. The topological polar surface area (TPSA) is 32.3 Å². The van der Waals surface area contributed by atoms with E-state index in [-0.39, 0.29) is 12.4 Å². The fourth-order valence-electron chi connectivity index (χ4n) is 3.96. The van der Waals surface area contributed by atoms with Gasteiger partial charge in [0.25, 0.3) is 0 Å². The average Bonchev–Trinajstić information content (AvgIpc) is 2.85. The van der Waals surface area contributed by atoms with Gasteiger partial charge in [-0.2, -0.15) is 0 Å². The highest BCUT2D eigenvalue weighted by Gasteiger charge is 2.38. The summed E-state index contributed by atoms with van der Waals surface area (Å²) in [7, 11) is 0. The fourth-order valence-corrected chi connectivity index (χ4v) is 3.96. The number of rotatable bonds is 2. The molecule has 18 heavy (non-hydrogen) atoms. The Labute approximate surface area is 116 Å². The van der Waals surface area contributed by atoms with Crippen molar-refractivity contribution in [2.45, 2.75) is 63.5 Å². The Hall–Kier alpha value is -0.280. The molecule has 3 nitrogen and oxygen atoms in total. The summed E-state index contributed by atoms with van der Waals surface area (Å²) in [6, 6.07) is 1.04. The molecule has 2 saturated heterocycles. The van der Waals surface area contributed by atoms with Gasteiger partial charge in [-0.25, -0.2) is 0 Å². The lowest BCUT2D eigenvalue weighted by Gasteiger charge is -2.29. The molecular formula is C14H25ClN2O. The van der Waals surface area contributed by atoms with E-state index in [1.54, 1.807) is 0 Å². The maximum absolute atomic E-state index is 12.5. The summed E-state index contributed by atoms with van der Waals surface area (Å²) in [6.07, 6.45) is 9.69. The first-order chi connectivity index (χ1) is 8.34. The molecule has 1 N–H and O–H groups in total. The summed E-state index contributed by atoms with van der Waals surface area (Å²) in [5.41, 5.74) is 0. The lowest BCUT2D eigenvalue weighted by Crippen LogP contribution is -2.43. The summed E-state index contributed by atoms with van der Waals surface area (Å²) in [6.45, 7) is 2.11. The normalized spacial score (nSPS) is 32.1. The Kier molecular flexibility index (Phi) is 4.91. The molecule has 2 bridgehead atoms. The van der Waals surface area contributed by atoms with E-state index >= 15 is 0 Å². The lowest BCUT2D eigenvalue weighted by atomic mass is 10.0. The van der Waals surface area contributed by atoms with Gasteiger partial charge in [-0.3, -0.25) is 4.79 Å². The van der Waals surface area contributed by atoms with Crippen molar-refractivity contribution in [1.82, 2.24) is 10.2 Å². The fraction of sp³-hybridized carbons (Fsp3) is 0.929. The molecule has 2 heterocycles. The summed E-state index contributed by atoms with van der Waals surface area (Å²) in [4.78, 5) is 14.7. The molecule has 0 aromatic heterocycles. The number of nitrogens with one attached hydrogen (secondary N) is 1. The zero-order valence-corrected chi connectivity index (χ0v) is 11.9. The molecule has 0 aromatic rings. The van der Waals surface area contributed by atoms with Crippen molar-refractivity contribution in [3.8, 4) is 0 Å². The first-order valence-corrected chi connectivity index (χ1v) is 7.36. The molecule has 1 aliphatic carbocycles. The zero-order chi connectivity index (χ0) is 11.7.